The van der Waals surface area contributed by atoms with Gasteiger partial charge in [0.25, 0.3) is 11.6 Å². The second kappa shape index (κ2) is 8.30. The number of nitro benzene ring substituents is 1. The Kier molecular flexibility index (Phi) is 6.13. The predicted octanol–water partition coefficient (Wildman–Crippen LogP) is 2.97. The summed E-state index contributed by atoms with van der Waals surface area (Å²) in [6, 6.07) is 8.41. The summed E-state index contributed by atoms with van der Waals surface area (Å²) in [5, 5.41) is 13.3. The van der Waals surface area contributed by atoms with Crippen LogP contribution in [0.2, 0.25) is 5.02 Å². The van der Waals surface area contributed by atoms with Gasteiger partial charge in [0.15, 0.2) is 0 Å². The quantitative estimate of drug-likeness (QED) is 0.470. The van der Waals surface area contributed by atoms with Crippen LogP contribution in [0.15, 0.2) is 36.4 Å². The average Bonchev–Trinajstić information content (AvgIpc) is 2.64. The van der Waals surface area contributed by atoms with E-state index in [4.69, 9.17) is 21.1 Å². The summed E-state index contributed by atoms with van der Waals surface area (Å²) in [6.45, 7) is 0.111. The van der Waals surface area contributed by atoms with Crippen LogP contribution in [0.3, 0.4) is 0 Å². The van der Waals surface area contributed by atoms with Gasteiger partial charge in [0.2, 0.25) is 0 Å². The van der Waals surface area contributed by atoms with Crippen molar-refractivity contribution in [2.24, 2.45) is 0 Å². The summed E-state index contributed by atoms with van der Waals surface area (Å²) in [5.41, 5.74) is 0.774. The molecule has 0 saturated heterocycles. The molecule has 2 aromatic rings. The first-order chi connectivity index (χ1) is 12.4. The van der Waals surface area contributed by atoms with Gasteiger partial charge < -0.3 is 14.8 Å². The Hall–Kier alpha value is -3.13. The highest BCUT2D eigenvalue weighted by atomic mass is 35.5. The fraction of sp³-hybridized carbons (Fsp3) is 0.176. The third-order valence-corrected chi connectivity index (χ3v) is 3.84. The van der Waals surface area contributed by atoms with Crippen molar-refractivity contribution < 1.29 is 24.0 Å². The molecular formula is C17H15ClN2O6. The van der Waals surface area contributed by atoms with E-state index in [1.54, 1.807) is 18.2 Å². The van der Waals surface area contributed by atoms with Crippen molar-refractivity contribution in [3.8, 4) is 5.75 Å². The molecule has 0 aliphatic heterocycles. The Bertz CT molecular complexity index is 868. The zero-order valence-electron chi connectivity index (χ0n) is 13.9. The van der Waals surface area contributed by atoms with Crippen LogP contribution in [0, 0.1) is 10.1 Å². The Morgan fingerprint density at radius 3 is 2.46 bits per heavy atom. The van der Waals surface area contributed by atoms with Gasteiger partial charge in [-0.1, -0.05) is 17.7 Å². The number of halogens is 1. The third kappa shape index (κ3) is 4.28. The number of rotatable bonds is 6. The molecular weight excluding hydrogens is 364 g/mol. The largest absolute Gasteiger partial charge is 0.496 e. The molecule has 0 atom stereocenters. The van der Waals surface area contributed by atoms with Gasteiger partial charge in [0.1, 0.15) is 11.3 Å². The zero-order valence-corrected chi connectivity index (χ0v) is 14.7. The van der Waals surface area contributed by atoms with Crippen molar-refractivity contribution in [1.29, 1.82) is 0 Å². The van der Waals surface area contributed by atoms with Crippen molar-refractivity contribution in [2.45, 2.75) is 6.54 Å². The Balaban J connectivity index is 2.14. The summed E-state index contributed by atoms with van der Waals surface area (Å²) in [7, 11) is 2.69. The lowest BCUT2D eigenvalue weighted by molar-refractivity contribution is -0.384. The van der Waals surface area contributed by atoms with Crippen LogP contribution in [-0.2, 0) is 11.3 Å². The molecule has 0 aromatic heterocycles. The molecule has 0 saturated carbocycles. The van der Waals surface area contributed by atoms with Gasteiger partial charge in [-0.25, -0.2) is 4.79 Å². The summed E-state index contributed by atoms with van der Waals surface area (Å²) in [4.78, 5) is 34.1. The predicted molar refractivity (Wildman–Crippen MR) is 93.6 cm³/mol. The maximum Gasteiger partial charge on any atom is 0.341 e. The monoisotopic (exact) mass is 378 g/mol. The van der Waals surface area contributed by atoms with Crippen molar-refractivity contribution in [1.82, 2.24) is 5.32 Å². The molecule has 0 heterocycles. The number of non-ortho nitro benzene ring substituents is 1. The van der Waals surface area contributed by atoms with Gasteiger partial charge in [-0.2, -0.15) is 0 Å². The highest BCUT2D eigenvalue weighted by Gasteiger charge is 2.16. The average molecular weight is 379 g/mol. The zero-order chi connectivity index (χ0) is 19.3. The maximum atomic E-state index is 12.2. The molecule has 0 aliphatic rings. The molecule has 2 aromatic carbocycles. The standard InChI is InChI=1S/C17H15ClN2O6/c1-25-15-6-3-10(7-13(15)17(22)26-2)9-19-16(21)12-5-4-11(20(23)24)8-14(12)18/h3-8H,9H2,1-2H3,(H,19,21). The van der Waals surface area contributed by atoms with Crippen LogP contribution in [0.4, 0.5) is 5.69 Å². The van der Waals surface area contributed by atoms with E-state index in [9.17, 15) is 19.7 Å². The Labute approximate surface area is 153 Å². The van der Waals surface area contributed by atoms with Crippen molar-refractivity contribution in [3.63, 3.8) is 0 Å². The number of nitro groups is 1. The highest BCUT2D eigenvalue weighted by Crippen LogP contribution is 2.23. The van der Waals surface area contributed by atoms with Gasteiger partial charge in [-0.05, 0) is 23.8 Å². The van der Waals surface area contributed by atoms with E-state index in [0.29, 0.717) is 11.3 Å². The SMILES string of the molecule is COC(=O)c1cc(CNC(=O)c2ccc([N+](=O)[O-])cc2Cl)ccc1OC. The molecule has 26 heavy (non-hydrogen) atoms. The number of hydrogen-bond acceptors (Lipinski definition) is 6. The molecule has 0 fully saturated rings. The molecule has 1 amide bonds. The van der Waals surface area contributed by atoms with Crippen molar-refractivity contribution >= 4 is 29.2 Å². The van der Waals surface area contributed by atoms with E-state index >= 15 is 0 Å². The molecule has 0 spiro atoms. The topological polar surface area (TPSA) is 108 Å². The number of benzene rings is 2. The molecule has 2 rings (SSSR count). The molecule has 8 nitrogen and oxygen atoms in total. The first-order valence-electron chi connectivity index (χ1n) is 7.34. The van der Waals surface area contributed by atoms with Gasteiger partial charge in [-0.15, -0.1) is 0 Å². The number of carbonyl (C=O) groups is 2. The first-order valence-corrected chi connectivity index (χ1v) is 7.72. The number of amides is 1. The normalized spacial score (nSPS) is 10.1. The van der Waals surface area contributed by atoms with E-state index in [1.165, 1.54) is 26.4 Å². The lowest BCUT2D eigenvalue weighted by Gasteiger charge is -2.10. The van der Waals surface area contributed by atoms with Crippen LogP contribution in [0.25, 0.3) is 0 Å². The smallest absolute Gasteiger partial charge is 0.341 e. The second-order valence-electron chi connectivity index (χ2n) is 5.13. The van der Waals surface area contributed by atoms with Gasteiger partial charge in [0, 0.05) is 18.7 Å². The second-order valence-corrected chi connectivity index (χ2v) is 5.54. The fourth-order valence-electron chi connectivity index (χ4n) is 2.21. The Morgan fingerprint density at radius 2 is 1.88 bits per heavy atom. The van der Waals surface area contributed by atoms with Crippen molar-refractivity contribution in [2.75, 3.05) is 14.2 Å². The number of nitrogens with one attached hydrogen (secondary N) is 1. The lowest BCUT2D eigenvalue weighted by atomic mass is 10.1. The molecule has 0 unspecified atom stereocenters. The minimum atomic E-state index is -0.598. The summed E-state index contributed by atoms with van der Waals surface area (Å²) >= 11 is 5.93. The van der Waals surface area contributed by atoms with E-state index < -0.39 is 16.8 Å². The van der Waals surface area contributed by atoms with E-state index in [2.05, 4.69) is 5.32 Å². The molecule has 9 heteroatoms. The first kappa shape index (κ1) is 19.2. The van der Waals surface area contributed by atoms with Crippen molar-refractivity contribution in [3.05, 3.63) is 68.2 Å². The minimum absolute atomic E-state index is 0.0262. The molecule has 136 valence electrons. The maximum absolute atomic E-state index is 12.2. The summed E-state index contributed by atoms with van der Waals surface area (Å²) < 4.78 is 9.80. The van der Waals surface area contributed by atoms with Crippen LogP contribution < -0.4 is 10.1 Å². The number of hydrogen-bond donors (Lipinski definition) is 1. The third-order valence-electron chi connectivity index (χ3n) is 3.53. The molecule has 1 N–H and O–H groups in total. The fourth-order valence-corrected chi connectivity index (χ4v) is 2.47. The van der Waals surface area contributed by atoms with Gasteiger partial charge in [0.05, 0.1) is 29.7 Å². The number of esters is 1. The number of carbonyl (C=O) groups excluding carboxylic acids is 2. The Morgan fingerprint density at radius 1 is 1.15 bits per heavy atom. The number of ether oxygens (including phenoxy) is 2. The molecule has 0 aliphatic carbocycles. The van der Waals surface area contributed by atoms with E-state index in [1.807, 2.05) is 0 Å². The number of methoxy groups -OCH3 is 2. The van der Waals surface area contributed by atoms with E-state index in [-0.39, 0.29) is 28.4 Å². The van der Waals surface area contributed by atoms with Crippen LogP contribution >= 0.6 is 11.6 Å². The van der Waals surface area contributed by atoms with E-state index in [0.717, 1.165) is 6.07 Å². The van der Waals surface area contributed by atoms with Crippen LogP contribution in [-0.4, -0.2) is 31.0 Å². The molecule has 0 radical (unpaired) electrons. The highest BCUT2D eigenvalue weighted by molar-refractivity contribution is 6.34. The number of nitrogens with zero attached hydrogens (tertiary/aromatic N) is 1. The molecule has 0 bridgehead atoms. The van der Waals surface area contributed by atoms with Gasteiger partial charge >= 0.3 is 5.97 Å². The lowest BCUT2D eigenvalue weighted by Crippen LogP contribution is -2.23. The summed E-state index contributed by atoms with van der Waals surface area (Å²) in [5.74, 6) is -0.709. The van der Waals surface area contributed by atoms with Crippen LogP contribution in [0.1, 0.15) is 26.3 Å². The van der Waals surface area contributed by atoms with Crippen LogP contribution in [0.5, 0.6) is 5.75 Å². The minimum Gasteiger partial charge on any atom is -0.496 e. The summed E-state index contributed by atoms with van der Waals surface area (Å²) in [6.07, 6.45) is 0. The van der Waals surface area contributed by atoms with Gasteiger partial charge in [-0.3, -0.25) is 14.9 Å².